The number of benzene rings is 2. The number of ether oxygens (including phenoxy) is 17. The molecule has 2 aromatic rings. The van der Waals surface area contributed by atoms with Gasteiger partial charge in [0.1, 0.15) is 202 Å². The molecule has 9 aliphatic rings. The third kappa shape index (κ3) is 21.7. The van der Waals surface area contributed by atoms with Gasteiger partial charge in [-0.1, -0.05) is 48.5 Å². The number of fused-ring (bicyclic) bond motifs is 3. The Morgan fingerprint density at radius 2 is 0.629 bits per heavy atom. The molecule has 5 amide bonds. The van der Waals surface area contributed by atoms with Crippen LogP contribution in [0.3, 0.4) is 0 Å². The van der Waals surface area contributed by atoms with Crippen molar-refractivity contribution in [3.63, 3.8) is 0 Å². The van der Waals surface area contributed by atoms with E-state index in [4.69, 9.17) is 80.5 Å². The normalized spacial score (nSPS) is 42.1. The Hall–Kier alpha value is -6.42. The summed E-state index contributed by atoms with van der Waals surface area (Å²) in [5.41, 5.74) is 3.44. The minimum atomic E-state index is -2.37. The number of nitrogens with one attached hydrogen (secondary N) is 5. The average Bonchev–Trinajstić information content (AvgIpc) is 1.74. The molecule has 700 valence electrons. The Labute approximate surface area is 703 Å². The lowest BCUT2D eigenvalue weighted by molar-refractivity contribution is -0.386. The van der Waals surface area contributed by atoms with Crippen LogP contribution in [0.25, 0.3) is 11.1 Å². The van der Waals surface area contributed by atoms with Crippen molar-refractivity contribution in [1.29, 1.82) is 0 Å². The fraction of sp³-hybridized carbons (Fsp3) is 0.757. The summed E-state index contributed by atoms with van der Waals surface area (Å²) in [5.74, 6) is -5.80. The molecule has 0 saturated carbocycles. The summed E-state index contributed by atoms with van der Waals surface area (Å²) in [4.78, 5) is 78.3. The number of alkyl carbamates (subject to hydrolysis) is 1. The summed E-state index contributed by atoms with van der Waals surface area (Å²) in [6.45, 7) is -5.89. The number of hydrogen-bond donors (Lipinski definition) is 27. The van der Waals surface area contributed by atoms with Crippen molar-refractivity contribution in [1.82, 2.24) is 26.6 Å². The van der Waals surface area contributed by atoms with Gasteiger partial charge in [0.15, 0.2) is 56.4 Å². The molecule has 0 unspecified atom stereocenters. The molecule has 8 heterocycles. The SMILES string of the molecule is CC(=O)N[C@H]1[C@H](O[C@H]2[C@@H](O)[C@@H](CO)O[C@@H](O[C@H]3[C@H](O)[C@@H](NC(C)=O)[C@H](O[C@H]4[C@@H](O)[C@@H](CO)O[C@@H](O[C@H]5[C@H](O)[C@@H](NC(C)=O)[C@H](OC[C@H]6O[C@H](OC[C@H](NC(=O)OCC7c8ccccc8-c8ccccc87)C(=O)O)[C@H](NC(C)=O)[C@@H](O[C@@H]7O[C@H](CO)[C@H](O)[C@H](O)[C@H]7O)[C@H]6O)O[C@@H]5CO)[C@@H]4O)O[C@@H]3CO)[C@@H]2O)O[C@H](CO)[C@@H](O[C@@H]2O[C@H](CO)[C@H](O)[C@H](O)[C@H]2O)[C@@H]1O. The number of rotatable bonds is 33. The van der Waals surface area contributed by atoms with Gasteiger partial charge in [-0.05, 0) is 22.3 Å². The fourth-order valence-electron chi connectivity index (χ4n) is 16.3. The van der Waals surface area contributed by atoms with Crippen LogP contribution in [0.1, 0.15) is 44.7 Å². The first kappa shape index (κ1) is 98.2. The van der Waals surface area contributed by atoms with E-state index >= 15 is 0 Å². The van der Waals surface area contributed by atoms with E-state index in [0.717, 1.165) is 49.9 Å². The van der Waals surface area contributed by atoms with E-state index in [2.05, 4.69) is 26.6 Å². The second-order valence-corrected chi connectivity index (χ2v) is 31.0. The zero-order valence-electron chi connectivity index (χ0n) is 66.7. The van der Waals surface area contributed by atoms with Crippen molar-refractivity contribution in [3.8, 4) is 11.1 Å². The zero-order valence-corrected chi connectivity index (χ0v) is 66.7. The molecule has 8 aliphatic heterocycles. The molecular weight excluding hydrogens is 1680 g/mol. The lowest BCUT2D eigenvalue weighted by Gasteiger charge is -2.51. The number of carboxylic acids is 1. The van der Waals surface area contributed by atoms with Crippen LogP contribution in [0, 0.1) is 0 Å². The number of carboxylic acid groups (broad SMARTS) is 1. The predicted octanol–water partition coefficient (Wildman–Crippen LogP) is -14.9. The van der Waals surface area contributed by atoms with Crippen molar-refractivity contribution < 1.29 is 222 Å². The van der Waals surface area contributed by atoms with Crippen LogP contribution in [-0.4, -0.2) is 466 Å². The van der Waals surface area contributed by atoms with Gasteiger partial charge in [-0.2, -0.15) is 0 Å². The second-order valence-electron chi connectivity index (χ2n) is 31.0. The number of aliphatic hydroxyl groups excluding tert-OH is 21. The molecule has 124 heavy (non-hydrogen) atoms. The maximum atomic E-state index is 13.5. The Kier molecular flexibility index (Phi) is 34.3. The van der Waals surface area contributed by atoms with E-state index < -0.39 is 353 Å². The molecule has 50 nitrogen and oxygen atoms in total. The molecule has 11 rings (SSSR count). The summed E-state index contributed by atoms with van der Waals surface area (Å²) < 4.78 is 100. The highest BCUT2D eigenvalue weighted by Crippen LogP contribution is 2.45. The summed E-state index contributed by atoms with van der Waals surface area (Å²) in [7, 11) is 0. The molecular formula is C74H109N5O45. The Morgan fingerprint density at radius 1 is 0.323 bits per heavy atom. The fourth-order valence-corrected chi connectivity index (χ4v) is 16.3. The molecule has 0 spiro atoms. The smallest absolute Gasteiger partial charge is 0.407 e. The van der Waals surface area contributed by atoms with Crippen molar-refractivity contribution in [3.05, 3.63) is 59.7 Å². The highest BCUT2D eigenvalue weighted by Gasteiger charge is 2.61. The van der Waals surface area contributed by atoms with Gasteiger partial charge in [0, 0.05) is 33.6 Å². The van der Waals surface area contributed by atoms with Crippen LogP contribution >= 0.6 is 0 Å². The molecule has 1 aliphatic carbocycles. The van der Waals surface area contributed by atoms with Crippen molar-refractivity contribution in [2.45, 2.75) is 285 Å². The number of aliphatic carboxylic acids is 1. The van der Waals surface area contributed by atoms with Crippen molar-refractivity contribution in [2.75, 3.05) is 66.1 Å². The molecule has 41 atom stereocenters. The van der Waals surface area contributed by atoms with Crippen LogP contribution in [-0.2, 0) is 104 Å². The standard InChI is InChI=1S/C74H109N5O45/c1-23(87)75-41-50(96)59(37(17-84)115-66(41)109-22-40-49(95)62(122-71-56(102)54(100)46(92)34(14-81)112-71)44(78-26(4)90)67(118-40)108-21-32(65(105)106)79-74(107)110-20-31-29-11-7-5-9-27(29)28-10-6-8-12-30(28)31)120-72-57(103)63(47(93)35(15-82)113-72)124-69-43(77-25(3)89)52(98)61(39(19-86)117-69)121-73-58(104)64(48(94)36(16-83)114-73)123-68-42(76-24(2)88)51(97)60(38(18-85)116-68)119-70-55(101)53(99)45(91)33(13-80)111-70/h5-12,31-64,66-73,80-86,91-104H,13-22H2,1-4H3,(H,75,87)(H,76,88)(H,77,89)(H,78,90)(H,79,107)(H,105,106)/t32-,33+,34+,35+,36+,37+,38+,39+,40+,41+,42+,43+,44+,45-,46-,47-,48-,49-,50+,51+,52+,53-,54-,55+,56+,57+,58+,59+,60+,61+,62+,63-,64-,66+,67-,68-,69-,70-,71-,72-,73-/m0/s1. The van der Waals surface area contributed by atoms with Gasteiger partial charge in [0.05, 0.1) is 59.5 Å². The van der Waals surface area contributed by atoms with Crippen LogP contribution in [0.15, 0.2) is 48.5 Å². The molecule has 0 bridgehead atoms. The molecule has 8 fully saturated rings. The van der Waals surface area contributed by atoms with Gasteiger partial charge in [0.25, 0.3) is 0 Å². The quantitative estimate of drug-likeness (QED) is 0.0315. The topological polar surface area (TPSA) is 765 Å². The number of carbonyl (C=O) groups is 6. The maximum absolute atomic E-state index is 13.5. The van der Waals surface area contributed by atoms with Gasteiger partial charge >= 0.3 is 12.1 Å². The van der Waals surface area contributed by atoms with E-state index in [1.54, 1.807) is 12.1 Å². The average molecular weight is 1790 g/mol. The molecule has 0 radical (unpaired) electrons. The van der Waals surface area contributed by atoms with E-state index in [1.807, 2.05) is 36.4 Å². The van der Waals surface area contributed by atoms with Gasteiger partial charge in [0.2, 0.25) is 23.6 Å². The highest BCUT2D eigenvalue weighted by atomic mass is 16.8. The maximum Gasteiger partial charge on any atom is 0.407 e. The highest BCUT2D eigenvalue weighted by molar-refractivity contribution is 5.81. The lowest BCUT2D eigenvalue weighted by Crippen LogP contribution is -2.71. The van der Waals surface area contributed by atoms with Crippen molar-refractivity contribution >= 4 is 35.7 Å². The third-order valence-corrected chi connectivity index (χ3v) is 22.6. The third-order valence-electron chi connectivity index (χ3n) is 22.6. The molecule has 0 aromatic heterocycles. The van der Waals surface area contributed by atoms with E-state index in [0.29, 0.717) is 0 Å². The summed E-state index contributed by atoms with van der Waals surface area (Å²) in [6, 6.07) is 5.34. The molecule has 2 aromatic carbocycles. The Bertz CT molecular complexity index is 3790. The van der Waals surface area contributed by atoms with Crippen LogP contribution in [0.5, 0.6) is 0 Å². The largest absolute Gasteiger partial charge is 0.480 e. The summed E-state index contributed by atoms with van der Waals surface area (Å²) >= 11 is 0. The minimum absolute atomic E-state index is 0.257. The first-order valence-corrected chi connectivity index (χ1v) is 39.6. The first-order valence-electron chi connectivity index (χ1n) is 39.6. The van der Waals surface area contributed by atoms with Crippen molar-refractivity contribution in [2.24, 2.45) is 0 Å². The number of hydrogen-bond acceptors (Lipinski definition) is 44. The van der Waals surface area contributed by atoms with Crippen LogP contribution < -0.4 is 26.6 Å². The zero-order chi connectivity index (χ0) is 90.3. The first-order chi connectivity index (χ1) is 59.0. The number of carbonyl (C=O) groups excluding carboxylic acids is 5. The van der Waals surface area contributed by atoms with Gasteiger partial charge < -0.3 is 219 Å². The number of amides is 5. The van der Waals surface area contributed by atoms with E-state index in [-0.39, 0.29) is 6.61 Å². The summed E-state index contributed by atoms with van der Waals surface area (Å²) in [5, 5.41) is 256. The Morgan fingerprint density at radius 3 is 1.01 bits per heavy atom. The number of aliphatic hydroxyl groups is 21. The minimum Gasteiger partial charge on any atom is -0.480 e. The van der Waals surface area contributed by atoms with Crippen LogP contribution in [0.2, 0.25) is 0 Å². The molecule has 27 N–H and O–H groups in total. The van der Waals surface area contributed by atoms with E-state index in [9.17, 15) is 141 Å². The Balaban J connectivity index is 0.781. The predicted molar refractivity (Wildman–Crippen MR) is 394 cm³/mol. The van der Waals surface area contributed by atoms with Gasteiger partial charge in [-0.15, -0.1) is 0 Å². The van der Waals surface area contributed by atoms with Gasteiger partial charge in [-0.25, -0.2) is 9.59 Å². The monoisotopic (exact) mass is 1790 g/mol. The molecule has 8 saturated heterocycles. The molecule has 50 heteroatoms. The lowest BCUT2D eigenvalue weighted by atomic mass is 9.93. The summed E-state index contributed by atoms with van der Waals surface area (Å²) in [6.07, 6.45) is -73.8. The van der Waals surface area contributed by atoms with Gasteiger partial charge in [-0.3, -0.25) is 19.2 Å². The second kappa shape index (κ2) is 43.3. The van der Waals surface area contributed by atoms with E-state index in [1.165, 1.54) is 0 Å². The van der Waals surface area contributed by atoms with Crippen LogP contribution in [0.4, 0.5) is 4.79 Å².